The van der Waals surface area contributed by atoms with Crippen LogP contribution >= 0.6 is 0 Å². The van der Waals surface area contributed by atoms with E-state index in [-0.39, 0.29) is 0 Å². The molecule has 1 unspecified atom stereocenters. The van der Waals surface area contributed by atoms with Gasteiger partial charge in [-0.25, -0.2) is 0 Å². The molecule has 0 aromatic carbocycles. The minimum atomic E-state index is -3.26. The number of nitrogens with two attached hydrogens (primary N) is 1. The highest BCUT2D eigenvalue weighted by Crippen LogP contribution is 2.21. The Kier molecular flexibility index (Phi) is 5.42. The monoisotopic (exact) mass is 304 g/mol. The molecular weight excluding hydrogens is 276 g/mol. The molecule has 0 aromatic heterocycles. The fraction of sp³-hybridized carbons (Fsp3) is 1.00. The number of hydrogen-bond donors (Lipinski definition) is 1. The number of rotatable bonds is 4. The zero-order chi connectivity index (χ0) is 14.8. The summed E-state index contributed by atoms with van der Waals surface area (Å²) in [6, 6.07) is 0.329. The van der Waals surface area contributed by atoms with Crippen molar-refractivity contribution in [2.45, 2.75) is 32.7 Å². The summed E-state index contributed by atoms with van der Waals surface area (Å²) in [5.41, 5.74) is 5.67. The van der Waals surface area contributed by atoms with Gasteiger partial charge in [0.1, 0.15) is 0 Å². The second-order valence-corrected chi connectivity index (χ2v) is 8.04. The van der Waals surface area contributed by atoms with Gasteiger partial charge < -0.3 is 5.73 Å². The topological polar surface area (TPSA) is 69.9 Å². The van der Waals surface area contributed by atoms with E-state index in [9.17, 15) is 8.42 Å². The Hall–Kier alpha value is -0.210. The molecule has 0 bridgehead atoms. The highest BCUT2D eigenvalue weighted by molar-refractivity contribution is 7.86. The van der Waals surface area contributed by atoms with Crippen molar-refractivity contribution in [3.05, 3.63) is 0 Å². The second kappa shape index (κ2) is 6.70. The largest absolute Gasteiger partial charge is 0.329 e. The summed E-state index contributed by atoms with van der Waals surface area (Å²) in [7, 11) is -3.26. The van der Waals surface area contributed by atoms with Crippen LogP contribution < -0.4 is 5.73 Å². The van der Waals surface area contributed by atoms with Gasteiger partial charge in [-0.1, -0.05) is 6.92 Å². The lowest BCUT2D eigenvalue weighted by molar-refractivity contribution is 0.142. The van der Waals surface area contributed by atoms with Gasteiger partial charge >= 0.3 is 0 Å². The van der Waals surface area contributed by atoms with Gasteiger partial charge in [0.15, 0.2) is 0 Å². The quantitative estimate of drug-likeness (QED) is 0.789. The fourth-order valence-electron chi connectivity index (χ4n) is 2.90. The molecule has 0 radical (unpaired) electrons. The molecular formula is C13H28N4O2S. The van der Waals surface area contributed by atoms with Gasteiger partial charge in [0.05, 0.1) is 0 Å². The first-order chi connectivity index (χ1) is 9.45. The summed E-state index contributed by atoms with van der Waals surface area (Å²) < 4.78 is 28.5. The predicted molar refractivity (Wildman–Crippen MR) is 80.6 cm³/mol. The van der Waals surface area contributed by atoms with E-state index in [0.717, 1.165) is 25.9 Å². The van der Waals surface area contributed by atoms with Crippen LogP contribution in [0.4, 0.5) is 0 Å². The van der Waals surface area contributed by atoms with Crippen molar-refractivity contribution >= 4 is 10.2 Å². The Morgan fingerprint density at radius 2 is 1.55 bits per heavy atom. The lowest BCUT2D eigenvalue weighted by Gasteiger charge is -2.40. The van der Waals surface area contributed by atoms with Crippen LogP contribution in [0.3, 0.4) is 0 Å². The Balaban J connectivity index is 1.92. The van der Waals surface area contributed by atoms with Crippen molar-refractivity contribution in [1.29, 1.82) is 0 Å². The highest BCUT2D eigenvalue weighted by Gasteiger charge is 2.34. The Labute approximate surface area is 123 Å². The third kappa shape index (κ3) is 3.51. The standard InChI is InChI=1S/C13H28N4O2S/c1-12-3-5-16(6-4-12)20(18,19)17-9-7-15(8-10-17)13(2)11-14/h12-13H,3-11,14H2,1-2H3. The van der Waals surface area contributed by atoms with Crippen LogP contribution in [0.15, 0.2) is 0 Å². The van der Waals surface area contributed by atoms with E-state index >= 15 is 0 Å². The molecule has 2 N–H and O–H groups in total. The molecule has 0 saturated carbocycles. The average Bonchev–Trinajstić information content (AvgIpc) is 2.47. The molecule has 2 aliphatic rings. The molecule has 0 aliphatic carbocycles. The molecule has 2 heterocycles. The predicted octanol–water partition coefficient (Wildman–Crippen LogP) is -0.0721. The normalized spacial score (nSPS) is 26.8. The summed E-state index contributed by atoms with van der Waals surface area (Å²) in [6.07, 6.45) is 1.95. The van der Waals surface area contributed by atoms with Gasteiger partial charge in [-0.05, 0) is 25.7 Å². The van der Waals surface area contributed by atoms with E-state index in [1.54, 1.807) is 8.61 Å². The zero-order valence-electron chi connectivity index (χ0n) is 12.7. The summed E-state index contributed by atoms with van der Waals surface area (Å²) in [4.78, 5) is 2.27. The zero-order valence-corrected chi connectivity index (χ0v) is 13.5. The van der Waals surface area contributed by atoms with E-state index < -0.39 is 10.2 Å². The molecule has 2 fully saturated rings. The van der Waals surface area contributed by atoms with Crippen molar-refractivity contribution in [2.75, 3.05) is 45.8 Å². The molecule has 6 nitrogen and oxygen atoms in total. The lowest BCUT2D eigenvalue weighted by atomic mass is 10.0. The molecule has 0 amide bonds. The smallest absolute Gasteiger partial charge is 0.282 e. The van der Waals surface area contributed by atoms with Crippen molar-refractivity contribution in [1.82, 2.24) is 13.5 Å². The van der Waals surface area contributed by atoms with E-state index in [2.05, 4.69) is 18.7 Å². The minimum absolute atomic E-state index is 0.329. The van der Waals surface area contributed by atoms with Crippen molar-refractivity contribution in [2.24, 2.45) is 11.7 Å². The van der Waals surface area contributed by atoms with Gasteiger partial charge in [-0.3, -0.25) is 4.90 Å². The average molecular weight is 304 g/mol. The third-order valence-corrected chi connectivity index (χ3v) is 6.67. The number of nitrogens with zero attached hydrogens (tertiary/aromatic N) is 3. The molecule has 2 saturated heterocycles. The molecule has 0 aromatic rings. The SMILES string of the molecule is CC1CCN(S(=O)(=O)N2CCN(C(C)CN)CC2)CC1. The summed E-state index contributed by atoms with van der Waals surface area (Å²) in [5.74, 6) is 0.642. The van der Waals surface area contributed by atoms with Gasteiger partial charge in [0.25, 0.3) is 10.2 Å². The van der Waals surface area contributed by atoms with Crippen LogP contribution in [0, 0.1) is 5.92 Å². The van der Waals surface area contributed by atoms with E-state index in [1.165, 1.54) is 0 Å². The van der Waals surface area contributed by atoms with Crippen LogP contribution in [-0.4, -0.2) is 73.8 Å². The molecule has 118 valence electrons. The number of piperazine rings is 1. The summed E-state index contributed by atoms with van der Waals surface area (Å²) in [5, 5.41) is 0. The summed E-state index contributed by atoms with van der Waals surface area (Å²) >= 11 is 0. The Morgan fingerprint density at radius 3 is 2.05 bits per heavy atom. The fourth-order valence-corrected chi connectivity index (χ4v) is 4.53. The lowest BCUT2D eigenvalue weighted by Crippen LogP contribution is -2.56. The minimum Gasteiger partial charge on any atom is -0.329 e. The van der Waals surface area contributed by atoms with E-state index in [4.69, 9.17) is 5.73 Å². The van der Waals surface area contributed by atoms with Gasteiger partial charge in [-0.2, -0.15) is 17.0 Å². The van der Waals surface area contributed by atoms with Crippen LogP contribution in [0.1, 0.15) is 26.7 Å². The first kappa shape index (κ1) is 16.2. The van der Waals surface area contributed by atoms with Gasteiger partial charge in [-0.15, -0.1) is 0 Å². The molecule has 2 rings (SSSR count). The first-order valence-corrected chi connectivity index (χ1v) is 9.04. The Bertz CT molecular complexity index is 399. The van der Waals surface area contributed by atoms with Crippen LogP contribution in [0.25, 0.3) is 0 Å². The maximum Gasteiger partial charge on any atom is 0.282 e. The molecule has 0 spiro atoms. The van der Waals surface area contributed by atoms with Crippen molar-refractivity contribution in [3.63, 3.8) is 0 Å². The van der Waals surface area contributed by atoms with Crippen LogP contribution in [0.2, 0.25) is 0 Å². The number of hydrogen-bond acceptors (Lipinski definition) is 4. The van der Waals surface area contributed by atoms with Crippen molar-refractivity contribution in [3.8, 4) is 0 Å². The molecule has 1 atom stereocenters. The molecule has 20 heavy (non-hydrogen) atoms. The maximum atomic E-state index is 12.6. The highest BCUT2D eigenvalue weighted by atomic mass is 32.2. The summed E-state index contributed by atoms with van der Waals surface area (Å²) in [6.45, 7) is 8.97. The number of piperidine rings is 1. The van der Waals surface area contributed by atoms with Gasteiger partial charge in [0, 0.05) is 51.9 Å². The molecule has 2 aliphatic heterocycles. The van der Waals surface area contributed by atoms with Gasteiger partial charge in [0.2, 0.25) is 0 Å². The first-order valence-electron chi connectivity index (χ1n) is 7.64. The Morgan fingerprint density at radius 1 is 1.05 bits per heavy atom. The van der Waals surface area contributed by atoms with E-state index in [1.807, 2.05) is 0 Å². The third-order valence-electron chi connectivity index (χ3n) is 4.63. The van der Waals surface area contributed by atoms with Crippen molar-refractivity contribution < 1.29 is 8.42 Å². The van der Waals surface area contributed by atoms with Crippen LogP contribution in [0.5, 0.6) is 0 Å². The molecule has 7 heteroatoms. The second-order valence-electron chi connectivity index (χ2n) is 6.11. The maximum absolute atomic E-state index is 12.6. The van der Waals surface area contributed by atoms with Crippen LogP contribution in [-0.2, 0) is 10.2 Å². The van der Waals surface area contributed by atoms with E-state index in [0.29, 0.717) is 44.7 Å².